The van der Waals surface area contributed by atoms with Crippen molar-refractivity contribution in [3.05, 3.63) is 59.7 Å². The van der Waals surface area contributed by atoms with Gasteiger partial charge in [-0.15, -0.1) is 0 Å². The number of likely N-dealkylation sites (N-methyl/N-ethyl adjacent to an activating group) is 1. The average Bonchev–Trinajstić information content (AvgIpc) is 2.53. The van der Waals surface area contributed by atoms with E-state index in [1.807, 2.05) is 31.2 Å². The van der Waals surface area contributed by atoms with E-state index in [2.05, 4.69) is 4.72 Å². The number of sulfonamides is 1. The number of amides is 1. The van der Waals surface area contributed by atoms with Gasteiger partial charge in [-0.3, -0.25) is 9.52 Å². The molecule has 1 amide bonds. The van der Waals surface area contributed by atoms with Crippen LogP contribution in [-0.2, 0) is 10.0 Å². The number of aryl methyl sites for hydroxylation is 1. The molecule has 1 N–H and O–H groups in total. The van der Waals surface area contributed by atoms with Crippen molar-refractivity contribution in [2.24, 2.45) is 0 Å². The summed E-state index contributed by atoms with van der Waals surface area (Å²) in [5.41, 5.74) is 1.66. The Kier molecular flexibility index (Phi) is 6.03. The van der Waals surface area contributed by atoms with E-state index in [9.17, 15) is 13.2 Å². The third-order valence-electron chi connectivity index (χ3n) is 3.48. The molecule has 0 radical (unpaired) electrons. The van der Waals surface area contributed by atoms with Crippen molar-refractivity contribution < 1.29 is 17.9 Å². The Hall–Kier alpha value is -2.54. The molecule has 134 valence electrons. The van der Waals surface area contributed by atoms with Gasteiger partial charge in [0.15, 0.2) is 0 Å². The van der Waals surface area contributed by atoms with Gasteiger partial charge in [-0.05, 0) is 36.8 Å². The third kappa shape index (κ3) is 5.79. The summed E-state index contributed by atoms with van der Waals surface area (Å²) in [5.74, 6) is 0.472. The first-order valence-electron chi connectivity index (χ1n) is 7.78. The number of rotatable bonds is 7. The molecule has 0 atom stereocenters. The molecule has 2 aromatic rings. The Balaban J connectivity index is 2.00. The maximum Gasteiger partial charge on any atom is 0.255 e. The molecule has 0 bridgehead atoms. The molecule has 0 aliphatic heterocycles. The first kappa shape index (κ1) is 18.8. The summed E-state index contributed by atoms with van der Waals surface area (Å²) >= 11 is 0. The number of hydrogen-bond acceptors (Lipinski definition) is 4. The zero-order valence-corrected chi connectivity index (χ0v) is 15.3. The van der Waals surface area contributed by atoms with Gasteiger partial charge in [-0.1, -0.05) is 24.3 Å². The van der Waals surface area contributed by atoms with Gasteiger partial charge in [0.05, 0.1) is 24.1 Å². The normalized spacial score (nSPS) is 11.0. The fourth-order valence-corrected chi connectivity index (χ4v) is 2.85. The Morgan fingerprint density at radius 1 is 1.16 bits per heavy atom. The van der Waals surface area contributed by atoms with Crippen LogP contribution in [0, 0.1) is 6.92 Å². The maximum atomic E-state index is 12.6. The number of ether oxygens (including phenoxy) is 1. The SMILES string of the molecule is Cc1cccc(OCCN(C)C(=O)c2ccccc2NS(C)(=O)=O)c1. The second-order valence-corrected chi connectivity index (χ2v) is 7.56. The van der Waals surface area contributed by atoms with Gasteiger partial charge in [0.25, 0.3) is 5.91 Å². The lowest BCUT2D eigenvalue weighted by molar-refractivity contribution is 0.0775. The molecule has 0 aliphatic carbocycles. The van der Waals surface area contributed by atoms with Crippen LogP contribution in [0.5, 0.6) is 5.75 Å². The molecule has 0 saturated heterocycles. The first-order valence-corrected chi connectivity index (χ1v) is 9.67. The minimum Gasteiger partial charge on any atom is -0.492 e. The molecule has 0 aromatic heterocycles. The quantitative estimate of drug-likeness (QED) is 0.821. The molecular formula is C18H22N2O4S. The van der Waals surface area contributed by atoms with Crippen molar-refractivity contribution in [1.82, 2.24) is 4.90 Å². The minimum absolute atomic E-state index is 0.265. The van der Waals surface area contributed by atoms with Crippen molar-refractivity contribution in [2.45, 2.75) is 6.92 Å². The summed E-state index contributed by atoms with van der Waals surface area (Å²) < 4.78 is 30.9. The summed E-state index contributed by atoms with van der Waals surface area (Å²) in [5, 5.41) is 0. The van der Waals surface area contributed by atoms with Crippen molar-refractivity contribution in [3.63, 3.8) is 0 Å². The smallest absolute Gasteiger partial charge is 0.255 e. The molecular weight excluding hydrogens is 340 g/mol. The molecule has 25 heavy (non-hydrogen) atoms. The number of para-hydroxylation sites is 1. The topological polar surface area (TPSA) is 75.7 Å². The van der Waals surface area contributed by atoms with Gasteiger partial charge in [-0.25, -0.2) is 8.42 Å². The van der Waals surface area contributed by atoms with Gasteiger partial charge in [-0.2, -0.15) is 0 Å². The lowest BCUT2D eigenvalue weighted by atomic mass is 10.1. The van der Waals surface area contributed by atoms with Crippen LogP contribution in [0.1, 0.15) is 15.9 Å². The first-order chi connectivity index (χ1) is 11.8. The maximum absolute atomic E-state index is 12.6. The standard InChI is InChI=1S/C18H22N2O4S/c1-14-7-6-8-15(13-14)24-12-11-20(2)18(21)16-9-4-5-10-17(16)19-25(3,22)23/h4-10,13,19H,11-12H2,1-3H3. The summed E-state index contributed by atoms with van der Waals surface area (Å²) in [6.07, 6.45) is 1.05. The van der Waals surface area contributed by atoms with E-state index in [0.29, 0.717) is 18.7 Å². The highest BCUT2D eigenvalue weighted by Gasteiger charge is 2.17. The number of hydrogen-bond donors (Lipinski definition) is 1. The molecule has 7 heteroatoms. The van der Waals surface area contributed by atoms with Gasteiger partial charge in [0.2, 0.25) is 10.0 Å². The molecule has 0 unspecified atom stereocenters. The summed E-state index contributed by atoms with van der Waals surface area (Å²) in [6, 6.07) is 14.2. The zero-order valence-electron chi connectivity index (χ0n) is 14.5. The number of nitrogens with zero attached hydrogens (tertiary/aromatic N) is 1. The Morgan fingerprint density at radius 2 is 1.88 bits per heavy atom. The number of anilines is 1. The number of nitrogens with one attached hydrogen (secondary N) is 1. The van der Waals surface area contributed by atoms with Crippen LogP contribution in [0.15, 0.2) is 48.5 Å². The fraction of sp³-hybridized carbons (Fsp3) is 0.278. The van der Waals surface area contributed by atoms with Crippen molar-refractivity contribution in [3.8, 4) is 5.75 Å². The molecule has 0 heterocycles. The van der Waals surface area contributed by atoms with E-state index >= 15 is 0 Å². The lowest BCUT2D eigenvalue weighted by Crippen LogP contribution is -2.31. The second-order valence-electron chi connectivity index (χ2n) is 5.81. The highest BCUT2D eigenvalue weighted by Crippen LogP contribution is 2.18. The lowest BCUT2D eigenvalue weighted by Gasteiger charge is -2.19. The predicted molar refractivity (Wildman–Crippen MR) is 98.5 cm³/mol. The van der Waals surface area contributed by atoms with Gasteiger partial charge in [0.1, 0.15) is 12.4 Å². The average molecular weight is 362 g/mol. The van der Waals surface area contributed by atoms with E-state index < -0.39 is 10.0 Å². The molecule has 2 rings (SSSR count). The van der Waals surface area contributed by atoms with Gasteiger partial charge >= 0.3 is 0 Å². The van der Waals surface area contributed by atoms with Crippen molar-refractivity contribution in [2.75, 3.05) is 31.2 Å². The fourth-order valence-electron chi connectivity index (χ4n) is 2.27. The van der Waals surface area contributed by atoms with Crippen molar-refractivity contribution in [1.29, 1.82) is 0 Å². The monoisotopic (exact) mass is 362 g/mol. The van der Waals surface area contributed by atoms with Crippen molar-refractivity contribution >= 4 is 21.6 Å². The van der Waals surface area contributed by atoms with Crippen LogP contribution >= 0.6 is 0 Å². The number of benzene rings is 2. The van der Waals surface area contributed by atoms with Crippen LogP contribution in [0.3, 0.4) is 0 Å². The van der Waals surface area contributed by atoms with E-state index in [1.165, 1.54) is 4.90 Å². The van der Waals surface area contributed by atoms with Crippen LogP contribution in [0.25, 0.3) is 0 Å². The zero-order chi connectivity index (χ0) is 18.4. The molecule has 0 fully saturated rings. The van der Waals surface area contributed by atoms with E-state index in [-0.39, 0.29) is 11.6 Å². The Bertz CT molecular complexity index is 850. The van der Waals surface area contributed by atoms with E-state index in [1.54, 1.807) is 31.3 Å². The predicted octanol–water partition coefficient (Wildman–Crippen LogP) is 2.52. The van der Waals surface area contributed by atoms with Gasteiger partial charge in [0, 0.05) is 7.05 Å². The summed E-state index contributed by atoms with van der Waals surface area (Å²) in [7, 11) is -1.81. The number of carbonyl (C=O) groups is 1. The minimum atomic E-state index is -3.46. The Morgan fingerprint density at radius 3 is 2.56 bits per heavy atom. The summed E-state index contributed by atoms with van der Waals surface area (Å²) in [4.78, 5) is 14.1. The van der Waals surface area contributed by atoms with Gasteiger partial charge < -0.3 is 9.64 Å². The molecule has 0 aliphatic rings. The largest absolute Gasteiger partial charge is 0.492 e. The molecule has 2 aromatic carbocycles. The molecule has 0 saturated carbocycles. The van der Waals surface area contributed by atoms with Crippen LogP contribution in [-0.4, -0.2) is 45.7 Å². The van der Waals surface area contributed by atoms with Crippen LogP contribution in [0.4, 0.5) is 5.69 Å². The summed E-state index contributed by atoms with van der Waals surface area (Å²) in [6.45, 7) is 2.70. The molecule has 6 nitrogen and oxygen atoms in total. The Labute approximate surface area is 148 Å². The van der Waals surface area contributed by atoms with E-state index in [0.717, 1.165) is 17.6 Å². The van der Waals surface area contributed by atoms with Crippen LogP contribution in [0.2, 0.25) is 0 Å². The molecule has 0 spiro atoms. The third-order valence-corrected chi connectivity index (χ3v) is 4.08. The number of carbonyl (C=O) groups excluding carboxylic acids is 1. The van der Waals surface area contributed by atoms with E-state index in [4.69, 9.17) is 4.74 Å². The highest BCUT2D eigenvalue weighted by molar-refractivity contribution is 7.92. The van der Waals surface area contributed by atoms with Crippen LogP contribution < -0.4 is 9.46 Å². The second kappa shape index (κ2) is 8.02. The highest BCUT2D eigenvalue weighted by atomic mass is 32.2.